The van der Waals surface area contributed by atoms with E-state index in [-0.39, 0.29) is 30.7 Å². The summed E-state index contributed by atoms with van der Waals surface area (Å²) in [5.74, 6) is -1.38. The predicted molar refractivity (Wildman–Crippen MR) is 125 cm³/mol. The number of imidazole rings is 1. The molecule has 2 fully saturated rings. The van der Waals surface area contributed by atoms with Gasteiger partial charge in [0.15, 0.2) is 0 Å². The first kappa shape index (κ1) is 21.9. The number of likely N-dealkylation sites (tertiary alicyclic amines) is 1. The topological polar surface area (TPSA) is 87.0 Å². The number of amides is 3. The first-order valence-electron chi connectivity index (χ1n) is 12.1. The Kier molecular flexibility index (Phi) is 5.36. The molecule has 3 aliphatic rings. The van der Waals surface area contributed by atoms with Crippen LogP contribution in [-0.2, 0) is 22.7 Å². The molecule has 2 saturated heterocycles. The highest BCUT2D eigenvalue weighted by Crippen LogP contribution is 2.38. The molecule has 0 radical (unpaired) electrons. The highest BCUT2D eigenvalue weighted by Gasteiger charge is 2.41. The third-order valence-electron chi connectivity index (χ3n) is 7.55. The van der Waals surface area contributed by atoms with Crippen LogP contribution >= 0.6 is 0 Å². The number of nitrogens with zero attached hydrogens (tertiary/aromatic N) is 4. The highest BCUT2D eigenvalue weighted by molar-refractivity contribution is 6.05. The van der Waals surface area contributed by atoms with Gasteiger partial charge in [-0.2, -0.15) is 0 Å². The number of benzene rings is 1. The predicted octanol–water partition coefficient (Wildman–Crippen LogP) is 2.61. The van der Waals surface area contributed by atoms with Gasteiger partial charge in [-0.25, -0.2) is 9.37 Å². The molecule has 9 heteroatoms. The Hall–Kier alpha value is -3.59. The van der Waals surface area contributed by atoms with Crippen LogP contribution in [0.2, 0.25) is 0 Å². The fraction of sp³-hybridized carbons (Fsp3) is 0.385. The average Bonchev–Trinajstić information content (AvgIpc) is 3.44. The Morgan fingerprint density at radius 3 is 2.69 bits per heavy atom. The van der Waals surface area contributed by atoms with Crippen LogP contribution in [0, 0.1) is 5.82 Å². The van der Waals surface area contributed by atoms with Crippen molar-refractivity contribution in [2.75, 3.05) is 13.1 Å². The standard InChI is InChI=1S/C26H26FN5O3/c27-18-12-19(21-15-32(26(35)20(21)13-18)22-1-2-24(33)29-25(22)34)17-4-7-30(8-5-17)14-16-3-9-31-10-6-28-23(31)11-16/h3,6,9-13,17,22H,1-2,4-5,7-8,14-15H2,(H,29,33,34). The number of carbonyl (C=O) groups is 3. The van der Waals surface area contributed by atoms with Crippen molar-refractivity contribution in [3.05, 3.63) is 70.9 Å². The van der Waals surface area contributed by atoms with Gasteiger partial charge in [0.05, 0.1) is 0 Å². The van der Waals surface area contributed by atoms with Crippen LogP contribution in [0.1, 0.15) is 58.6 Å². The molecule has 1 unspecified atom stereocenters. The zero-order valence-corrected chi connectivity index (χ0v) is 19.2. The van der Waals surface area contributed by atoms with E-state index in [1.165, 1.54) is 16.5 Å². The van der Waals surface area contributed by atoms with Crippen molar-refractivity contribution in [3.8, 4) is 0 Å². The molecule has 0 aliphatic carbocycles. The van der Waals surface area contributed by atoms with Crippen LogP contribution in [0.4, 0.5) is 4.39 Å². The number of rotatable bonds is 4. The van der Waals surface area contributed by atoms with Crippen molar-refractivity contribution < 1.29 is 18.8 Å². The maximum absolute atomic E-state index is 14.6. The van der Waals surface area contributed by atoms with E-state index in [9.17, 15) is 18.8 Å². The second-order valence-corrected chi connectivity index (χ2v) is 9.70. The van der Waals surface area contributed by atoms with Gasteiger partial charge in [0.2, 0.25) is 11.8 Å². The minimum absolute atomic E-state index is 0.153. The van der Waals surface area contributed by atoms with Gasteiger partial charge < -0.3 is 9.30 Å². The minimum Gasteiger partial charge on any atom is -0.322 e. The maximum atomic E-state index is 14.6. The molecule has 35 heavy (non-hydrogen) atoms. The molecule has 3 amide bonds. The Morgan fingerprint density at radius 1 is 1.06 bits per heavy atom. The minimum atomic E-state index is -0.697. The van der Waals surface area contributed by atoms with Crippen LogP contribution in [0.3, 0.4) is 0 Å². The number of piperidine rings is 2. The smallest absolute Gasteiger partial charge is 0.255 e. The highest BCUT2D eigenvalue weighted by atomic mass is 19.1. The number of pyridine rings is 1. The summed E-state index contributed by atoms with van der Waals surface area (Å²) in [6.07, 6.45) is 7.96. The molecule has 3 aliphatic heterocycles. The molecule has 5 heterocycles. The second kappa shape index (κ2) is 8.57. The zero-order valence-electron chi connectivity index (χ0n) is 19.2. The van der Waals surface area contributed by atoms with Crippen molar-refractivity contribution in [2.24, 2.45) is 0 Å². The van der Waals surface area contributed by atoms with E-state index in [0.717, 1.165) is 49.2 Å². The van der Waals surface area contributed by atoms with E-state index < -0.39 is 17.8 Å². The lowest BCUT2D eigenvalue weighted by Crippen LogP contribution is -2.52. The van der Waals surface area contributed by atoms with Gasteiger partial charge in [0.1, 0.15) is 17.5 Å². The van der Waals surface area contributed by atoms with E-state index in [1.807, 2.05) is 16.8 Å². The maximum Gasteiger partial charge on any atom is 0.255 e. The molecule has 1 atom stereocenters. The Balaban J connectivity index is 1.17. The fourth-order valence-electron chi connectivity index (χ4n) is 5.73. The van der Waals surface area contributed by atoms with Crippen LogP contribution in [-0.4, -0.2) is 56.0 Å². The normalized spacial score (nSPS) is 21.6. The molecule has 8 nitrogen and oxygen atoms in total. The molecule has 0 bridgehead atoms. The van der Waals surface area contributed by atoms with E-state index in [1.54, 1.807) is 12.3 Å². The molecule has 2 aromatic heterocycles. The number of aromatic nitrogens is 2. The largest absolute Gasteiger partial charge is 0.322 e. The summed E-state index contributed by atoms with van der Waals surface area (Å²) in [7, 11) is 0. The summed E-state index contributed by atoms with van der Waals surface area (Å²) in [5.41, 5.74) is 4.18. The van der Waals surface area contributed by atoms with Crippen LogP contribution < -0.4 is 5.32 Å². The zero-order chi connectivity index (χ0) is 24.1. The third kappa shape index (κ3) is 3.99. The van der Waals surface area contributed by atoms with Crippen molar-refractivity contribution in [1.29, 1.82) is 0 Å². The second-order valence-electron chi connectivity index (χ2n) is 9.70. The molecule has 0 saturated carbocycles. The number of hydrogen-bond donors (Lipinski definition) is 1. The van der Waals surface area contributed by atoms with Crippen LogP contribution in [0.5, 0.6) is 0 Å². The molecular formula is C26H26FN5O3. The first-order chi connectivity index (χ1) is 17.0. The van der Waals surface area contributed by atoms with Gasteiger partial charge >= 0.3 is 0 Å². The van der Waals surface area contributed by atoms with E-state index >= 15 is 0 Å². The summed E-state index contributed by atoms with van der Waals surface area (Å²) >= 11 is 0. The summed E-state index contributed by atoms with van der Waals surface area (Å²) < 4.78 is 16.6. The van der Waals surface area contributed by atoms with Crippen LogP contribution in [0.15, 0.2) is 42.9 Å². The lowest BCUT2D eigenvalue weighted by molar-refractivity contribution is -0.136. The molecule has 3 aromatic rings. The van der Waals surface area contributed by atoms with Gasteiger partial charge in [-0.1, -0.05) is 0 Å². The van der Waals surface area contributed by atoms with Crippen molar-refractivity contribution >= 4 is 23.4 Å². The fourth-order valence-corrected chi connectivity index (χ4v) is 5.73. The van der Waals surface area contributed by atoms with Gasteiger partial charge in [-0.3, -0.25) is 24.6 Å². The lowest BCUT2D eigenvalue weighted by Gasteiger charge is -2.33. The van der Waals surface area contributed by atoms with Gasteiger partial charge in [-0.15, -0.1) is 0 Å². The molecule has 1 N–H and O–H groups in total. The summed E-state index contributed by atoms with van der Waals surface area (Å²) in [4.78, 5) is 45.3. The van der Waals surface area contributed by atoms with Crippen LogP contribution in [0.25, 0.3) is 5.65 Å². The molecule has 180 valence electrons. The molecular weight excluding hydrogens is 449 g/mol. The van der Waals surface area contributed by atoms with Crippen molar-refractivity contribution in [3.63, 3.8) is 0 Å². The Labute approximate surface area is 201 Å². The number of imide groups is 1. The SMILES string of the molecule is O=C1CCC(N2Cc3c(cc(F)cc3C3CCN(Cc4ccn5ccnc5c4)CC3)C2=O)C(=O)N1. The number of halogens is 1. The number of nitrogens with one attached hydrogen (secondary N) is 1. The van der Waals surface area contributed by atoms with Gasteiger partial charge in [0, 0.05) is 43.7 Å². The van der Waals surface area contributed by atoms with Crippen molar-refractivity contribution in [2.45, 2.75) is 50.7 Å². The first-order valence-corrected chi connectivity index (χ1v) is 12.1. The number of carbonyl (C=O) groups excluding carboxylic acids is 3. The summed E-state index contributed by atoms with van der Waals surface area (Å²) in [6, 6.07) is 6.36. The number of fused-ring (bicyclic) bond motifs is 2. The van der Waals surface area contributed by atoms with Gasteiger partial charge in [0.25, 0.3) is 5.91 Å². The summed E-state index contributed by atoms with van der Waals surface area (Å²) in [5, 5.41) is 2.32. The quantitative estimate of drug-likeness (QED) is 0.587. The molecule has 0 spiro atoms. The van der Waals surface area contributed by atoms with Crippen molar-refractivity contribution in [1.82, 2.24) is 24.5 Å². The van der Waals surface area contributed by atoms with E-state index in [2.05, 4.69) is 27.3 Å². The average molecular weight is 476 g/mol. The lowest BCUT2D eigenvalue weighted by atomic mass is 9.85. The Morgan fingerprint density at radius 2 is 1.89 bits per heavy atom. The van der Waals surface area contributed by atoms with Gasteiger partial charge in [-0.05, 0) is 79.2 Å². The monoisotopic (exact) mass is 475 g/mol. The Bertz CT molecular complexity index is 1340. The molecule has 6 rings (SSSR count). The molecule has 1 aromatic carbocycles. The van der Waals surface area contributed by atoms with E-state index in [0.29, 0.717) is 12.0 Å². The third-order valence-corrected chi connectivity index (χ3v) is 7.55. The summed E-state index contributed by atoms with van der Waals surface area (Å²) in [6.45, 7) is 2.86. The van der Waals surface area contributed by atoms with E-state index in [4.69, 9.17) is 0 Å². The number of hydrogen-bond acceptors (Lipinski definition) is 5.